The Kier molecular flexibility index (Phi) is 4.20. The third-order valence-electron chi connectivity index (χ3n) is 4.16. The molecule has 2 aromatic heterocycles. The summed E-state index contributed by atoms with van der Waals surface area (Å²) in [6.45, 7) is 3.66. The minimum Gasteiger partial charge on any atom is -0.381 e. The van der Waals surface area contributed by atoms with E-state index in [4.69, 9.17) is 4.74 Å². The van der Waals surface area contributed by atoms with Crippen LogP contribution in [0.5, 0.6) is 0 Å². The molecule has 1 atom stereocenters. The van der Waals surface area contributed by atoms with Crippen molar-refractivity contribution in [2.45, 2.75) is 32.6 Å². The standard InChI is InChI=1S/C16H21N3O2/c1-11-13-6-7-17-16(13)18-9-14(11)19-15(20)5-4-12-3-2-8-21-10-12/h6-7,9,12H,2-5,8,10H2,1H3,(H,17,18)(H,19,20). The zero-order valence-electron chi connectivity index (χ0n) is 12.3. The minimum absolute atomic E-state index is 0.0559. The molecule has 1 saturated heterocycles. The second-order valence-corrected chi connectivity index (χ2v) is 5.71. The van der Waals surface area contributed by atoms with Crippen LogP contribution in [0.15, 0.2) is 18.5 Å². The predicted molar refractivity (Wildman–Crippen MR) is 82.2 cm³/mol. The first-order valence-corrected chi connectivity index (χ1v) is 7.54. The molecule has 1 amide bonds. The molecule has 2 N–H and O–H groups in total. The first kappa shape index (κ1) is 14.1. The monoisotopic (exact) mass is 287 g/mol. The smallest absolute Gasteiger partial charge is 0.224 e. The van der Waals surface area contributed by atoms with Gasteiger partial charge in [-0.05, 0) is 43.7 Å². The summed E-state index contributed by atoms with van der Waals surface area (Å²) in [7, 11) is 0. The summed E-state index contributed by atoms with van der Waals surface area (Å²) < 4.78 is 5.45. The molecule has 3 heterocycles. The van der Waals surface area contributed by atoms with Gasteiger partial charge in [0.15, 0.2) is 0 Å². The molecule has 5 heteroatoms. The van der Waals surface area contributed by atoms with Gasteiger partial charge in [-0.15, -0.1) is 0 Å². The van der Waals surface area contributed by atoms with E-state index in [1.54, 1.807) is 6.20 Å². The van der Waals surface area contributed by atoms with Gasteiger partial charge >= 0.3 is 0 Å². The van der Waals surface area contributed by atoms with Gasteiger partial charge in [-0.25, -0.2) is 4.98 Å². The molecule has 0 spiro atoms. The van der Waals surface area contributed by atoms with Crippen molar-refractivity contribution < 1.29 is 9.53 Å². The number of pyridine rings is 1. The van der Waals surface area contributed by atoms with Crippen molar-refractivity contribution >= 4 is 22.6 Å². The van der Waals surface area contributed by atoms with Crippen molar-refractivity contribution in [3.05, 3.63) is 24.0 Å². The van der Waals surface area contributed by atoms with Crippen LogP contribution < -0.4 is 5.32 Å². The van der Waals surface area contributed by atoms with Gasteiger partial charge < -0.3 is 15.0 Å². The number of nitrogens with zero attached hydrogens (tertiary/aromatic N) is 1. The van der Waals surface area contributed by atoms with E-state index in [2.05, 4.69) is 15.3 Å². The van der Waals surface area contributed by atoms with Crippen molar-refractivity contribution in [2.75, 3.05) is 18.5 Å². The van der Waals surface area contributed by atoms with Crippen LogP contribution in [0, 0.1) is 12.8 Å². The molecule has 5 nitrogen and oxygen atoms in total. The Hall–Kier alpha value is -1.88. The summed E-state index contributed by atoms with van der Waals surface area (Å²) in [6.07, 6.45) is 7.29. The number of ether oxygens (including phenoxy) is 1. The number of aryl methyl sites for hydroxylation is 1. The van der Waals surface area contributed by atoms with Crippen LogP contribution in [0.3, 0.4) is 0 Å². The number of H-pyrrole nitrogens is 1. The van der Waals surface area contributed by atoms with Gasteiger partial charge in [0.25, 0.3) is 0 Å². The number of anilines is 1. The quantitative estimate of drug-likeness (QED) is 0.908. The number of carbonyl (C=O) groups is 1. The molecule has 0 saturated carbocycles. The first-order valence-electron chi connectivity index (χ1n) is 7.54. The molecule has 1 aliphatic rings. The lowest BCUT2D eigenvalue weighted by Crippen LogP contribution is -2.20. The maximum Gasteiger partial charge on any atom is 0.224 e. The van der Waals surface area contributed by atoms with Crippen LogP contribution in [-0.4, -0.2) is 29.1 Å². The highest BCUT2D eigenvalue weighted by Crippen LogP contribution is 2.23. The predicted octanol–water partition coefficient (Wildman–Crippen LogP) is 3.02. The fourth-order valence-corrected chi connectivity index (χ4v) is 2.85. The van der Waals surface area contributed by atoms with Gasteiger partial charge in [0.05, 0.1) is 11.9 Å². The summed E-state index contributed by atoms with van der Waals surface area (Å²) in [5.41, 5.74) is 2.70. The highest BCUT2D eigenvalue weighted by Gasteiger charge is 2.16. The molecule has 2 aromatic rings. The van der Waals surface area contributed by atoms with E-state index < -0.39 is 0 Å². The molecule has 0 radical (unpaired) electrons. The summed E-state index contributed by atoms with van der Waals surface area (Å²) in [6, 6.07) is 1.98. The van der Waals surface area contributed by atoms with Gasteiger partial charge in [0.1, 0.15) is 5.65 Å². The Labute approximate surface area is 124 Å². The number of aromatic nitrogens is 2. The van der Waals surface area contributed by atoms with Gasteiger partial charge in [-0.2, -0.15) is 0 Å². The lowest BCUT2D eigenvalue weighted by molar-refractivity contribution is -0.116. The van der Waals surface area contributed by atoms with Crippen molar-refractivity contribution in [3.8, 4) is 0 Å². The fraction of sp³-hybridized carbons (Fsp3) is 0.500. The van der Waals surface area contributed by atoms with Crippen LogP contribution in [-0.2, 0) is 9.53 Å². The number of rotatable bonds is 4. The number of nitrogens with one attached hydrogen (secondary N) is 2. The molecule has 0 aromatic carbocycles. The zero-order valence-corrected chi connectivity index (χ0v) is 12.3. The van der Waals surface area contributed by atoms with Gasteiger partial charge in [0.2, 0.25) is 5.91 Å². The first-order chi connectivity index (χ1) is 10.2. The molecule has 1 unspecified atom stereocenters. The van der Waals surface area contributed by atoms with Gasteiger partial charge in [-0.1, -0.05) is 0 Å². The normalized spacial score (nSPS) is 18.8. The number of carbonyl (C=O) groups excluding carboxylic acids is 1. The maximum atomic E-state index is 12.1. The molecule has 0 aliphatic carbocycles. The number of fused-ring (bicyclic) bond motifs is 1. The Morgan fingerprint density at radius 2 is 2.48 bits per heavy atom. The molecule has 0 bridgehead atoms. The average Bonchev–Trinajstić information content (AvgIpc) is 2.98. The van der Waals surface area contributed by atoms with E-state index >= 15 is 0 Å². The third kappa shape index (κ3) is 3.24. The SMILES string of the molecule is Cc1c(NC(=O)CCC2CCCOC2)cnc2[nH]ccc12. The van der Waals surface area contributed by atoms with Crippen molar-refractivity contribution in [1.82, 2.24) is 9.97 Å². The largest absolute Gasteiger partial charge is 0.381 e. The zero-order chi connectivity index (χ0) is 14.7. The van der Waals surface area contributed by atoms with Crippen LogP contribution in [0.25, 0.3) is 11.0 Å². The molecule has 1 aliphatic heterocycles. The van der Waals surface area contributed by atoms with E-state index in [1.165, 1.54) is 6.42 Å². The molecule has 1 fully saturated rings. The topological polar surface area (TPSA) is 67.0 Å². The second-order valence-electron chi connectivity index (χ2n) is 5.71. The van der Waals surface area contributed by atoms with Crippen molar-refractivity contribution in [3.63, 3.8) is 0 Å². The molecule has 112 valence electrons. The van der Waals surface area contributed by atoms with Crippen LogP contribution >= 0.6 is 0 Å². The van der Waals surface area contributed by atoms with Crippen LogP contribution in [0.4, 0.5) is 5.69 Å². The summed E-state index contributed by atoms with van der Waals surface area (Å²) in [5.74, 6) is 0.580. The summed E-state index contributed by atoms with van der Waals surface area (Å²) >= 11 is 0. The van der Waals surface area contributed by atoms with Crippen LogP contribution in [0.2, 0.25) is 0 Å². The van der Waals surface area contributed by atoms with Crippen LogP contribution in [0.1, 0.15) is 31.2 Å². The number of aromatic amines is 1. The summed E-state index contributed by atoms with van der Waals surface area (Å²) in [4.78, 5) is 19.5. The van der Waals surface area contributed by atoms with E-state index in [1.807, 2.05) is 19.2 Å². The van der Waals surface area contributed by atoms with Crippen molar-refractivity contribution in [1.29, 1.82) is 0 Å². The van der Waals surface area contributed by atoms with E-state index in [9.17, 15) is 4.79 Å². The van der Waals surface area contributed by atoms with E-state index in [0.717, 1.165) is 48.3 Å². The highest BCUT2D eigenvalue weighted by atomic mass is 16.5. The lowest BCUT2D eigenvalue weighted by atomic mass is 9.97. The number of hydrogen-bond acceptors (Lipinski definition) is 3. The third-order valence-corrected chi connectivity index (χ3v) is 4.16. The van der Waals surface area contributed by atoms with Gasteiger partial charge in [0, 0.05) is 31.2 Å². The average molecular weight is 287 g/mol. The van der Waals surface area contributed by atoms with Crippen molar-refractivity contribution in [2.24, 2.45) is 5.92 Å². The molecule has 3 rings (SSSR count). The molecular formula is C16H21N3O2. The lowest BCUT2D eigenvalue weighted by Gasteiger charge is -2.21. The molecular weight excluding hydrogens is 266 g/mol. The Bertz CT molecular complexity index is 629. The Morgan fingerprint density at radius 3 is 3.29 bits per heavy atom. The number of amides is 1. The van der Waals surface area contributed by atoms with E-state index in [0.29, 0.717) is 12.3 Å². The number of hydrogen-bond donors (Lipinski definition) is 2. The minimum atomic E-state index is 0.0559. The van der Waals surface area contributed by atoms with E-state index in [-0.39, 0.29) is 5.91 Å². The maximum absolute atomic E-state index is 12.1. The van der Waals surface area contributed by atoms with Gasteiger partial charge in [-0.3, -0.25) is 4.79 Å². The molecule has 21 heavy (non-hydrogen) atoms. The summed E-state index contributed by atoms with van der Waals surface area (Å²) in [5, 5.41) is 4.03. The Morgan fingerprint density at radius 1 is 1.57 bits per heavy atom. The second kappa shape index (κ2) is 6.26. The Balaban J connectivity index is 1.59. The highest BCUT2D eigenvalue weighted by molar-refractivity contribution is 5.94. The fourth-order valence-electron chi connectivity index (χ4n) is 2.85.